The summed E-state index contributed by atoms with van der Waals surface area (Å²) in [6.07, 6.45) is 11.6. The van der Waals surface area contributed by atoms with E-state index in [1.54, 1.807) is 5.57 Å². The molecule has 0 spiro atoms. The molecule has 0 aliphatic heterocycles. The summed E-state index contributed by atoms with van der Waals surface area (Å²) < 4.78 is 0. The summed E-state index contributed by atoms with van der Waals surface area (Å²) in [5, 5.41) is 3.64. The molecule has 0 amide bonds. The quantitative estimate of drug-likeness (QED) is 0.657. The highest BCUT2D eigenvalue weighted by molar-refractivity contribution is 5.08. The molecule has 2 nitrogen and oxygen atoms in total. The van der Waals surface area contributed by atoms with Crippen molar-refractivity contribution in [1.82, 2.24) is 5.32 Å². The summed E-state index contributed by atoms with van der Waals surface area (Å²) >= 11 is 0. The van der Waals surface area contributed by atoms with Gasteiger partial charge in [-0.05, 0) is 51.5 Å². The van der Waals surface area contributed by atoms with Crippen molar-refractivity contribution in [2.24, 2.45) is 5.73 Å². The second-order valence-corrected chi connectivity index (χ2v) is 4.77. The molecule has 0 radical (unpaired) electrons. The Kier molecular flexibility index (Phi) is 3.24. The molecular weight excluding hydrogens is 172 g/mol. The van der Waals surface area contributed by atoms with Gasteiger partial charge in [-0.2, -0.15) is 0 Å². The highest BCUT2D eigenvalue weighted by Gasteiger charge is 2.34. The van der Waals surface area contributed by atoms with Gasteiger partial charge in [0.15, 0.2) is 0 Å². The normalized spacial score (nSPS) is 24.5. The minimum Gasteiger partial charge on any atom is -0.329 e. The van der Waals surface area contributed by atoms with Crippen molar-refractivity contribution in [2.45, 2.75) is 50.5 Å². The average molecular weight is 194 g/mol. The molecule has 0 aromatic heterocycles. The number of allylic oxidation sites excluding steroid dienone is 1. The lowest BCUT2D eigenvalue weighted by Crippen LogP contribution is -2.56. The smallest absolute Gasteiger partial charge is 0.0304 e. The van der Waals surface area contributed by atoms with Crippen LogP contribution >= 0.6 is 0 Å². The van der Waals surface area contributed by atoms with Crippen molar-refractivity contribution >= 4 is 0 Å². The van der Waals surface area contributed by atoms with Gasteiger partial charge in [-0.25, -0.2) is 0 Å². The predicted octanol–water partition coefficient (Wildman–Crippen LogP) is 1.96. The highest BCUT2D eigenvalue weighted by atomic mass is 15.0. The summed E-state index contributed by atoms with van der Waals surface area (Å²) in [5.74, 6) is 0. The van der Waals surface area contributed by atoms with Crippen LogP contribution in [0.3, 0.4) is 0 Å². The molecule has 1 saturated carbocycles. The third-order valence-electron chi connectivity index (χ3n) is 3.78. The van der Waals surface area contributed by atoms with Gasteiger partial charge >= 0.3 is 0 Å². The van der Waals surface area contributed by atoms with E-state index >= 15 is 0 Å². The Morgan fingerprint density at radius 3 is 2.71 bits per heavy atom. The fourth-order valence-corrected chi connectivity index (χ4v) is 2.51. The summed E-state index contributed by atoms with van der Waals surface area (Å²) in [6.45, 7) is 1.94. The molecule has 0 heterocycles. The van der Waals surface area contributed by atoms with Gasteiger partial charge in [-0.3, -0.25) is 0 Å². The van der Waals surface area contributed by atoms with E-state index in [1.807, 2.05) is 0 Å². The third kappa shape index (κ3) is 2.18. The zero-order valence-corrected chi connectivity index (χ0v) is 9.02. The van der Waals surface area contributed by atoms with E-state index in [1.165, 1.54) is 44.9 Å². The molecule has 14 heavy (non-hydrogen) atoms. The van der Waals surface area contributed by atoms with Crippen LogP contribution in [0, 0.1) is 0 Å². The van der Waals surface area contributed by atoms with Gasteiger partial charge < -0.3 is 11.1 Å². The molecule has 2 rings (SSSR count). The predicted molar refractivity (Wildman–Crippen MR) is 60.2 cm³/mol. The van der Waals surface area contributed by atoms with E-state index in [2.05, 4.69) is 11.4 Å². The van der Waals surface area contributed by atoms with Gasteiger partial charge in [0.25, 0.3) is 0 Å². The molecule has 1 fully saturated rings. The Labute approximate surface area is 86.9 Å². The van der Waals surface area contributed by atoms with Crippen LogP contribution in [0.4, 0.5) is 0 Å². The summed E-state index contributed by atoms with van der Waals surface area (Å²) in [5.41, 5.74) is 7.76. The Balaban J connectivity index is 1.66. The molecule has 3 N–H and O–H groups in total. The molecular formula is C12H22N2. The monoisotopic (exact) mass is 194 g/mol. The van der Waals surface area contributed by atoms with Gasteiger partial charge in [0.2, 0.25) is 0 Å². The zero-order chi connectivity index (χ0) is 9.86. The van der Waals surface area contributed by atoms with E-state index in [4.69, 9.17) is 5.73 Å². The fourth-order valence-electron chi connectivity index (χ4n) is 2.51. The van der Waals surface area contributed by atoms with Gasteiger partial charge in [0.05, 0.1) is 0 Å². The van der Waals surface area contributed by atoms with Crippen molar-refractivity contribution in [3.05, 3.63) is 11.6 Å². The lowest BCUT2D eigenvalue weighted by Gasteiger charge is -2.42. The van der Waals surface area contributed by atoms with Crippen molar-refractivity contribution in [3.8, 4) is 0 Å². The second-order valence-electron chi connectivity index (χ2n) is 4.77. The molecule has 0 atom stereocenters. The minimum absolute atomic E-state index is 0.319. The molecule has 2 aliphatic carbocycles. The molecule has 2 aliphatic rings. The maximum absolute atomic E-state index is 5.79. The minimum atomic E-state index is 0.319. The number of nitrogens with two attached hydrogens (primary N) is 1. The number of rotatable bonds is 5. The Bertz CT molecular complexity index is 211. The van der Waals surface area contributed by atoms with Crippen LogP contribution in [-0.4, -0.2) is 18.6 Å². The van der Waals surface area contributed by atoms with Gasteiger partial charge in [-0.15, -0.1) is 0 Å². The van der Waals surface area contributed by atoms with Crippen molar-refractivity contribution in [2.75, 3.05) is 13.1 Å². The number of hydrogen-bond donors (Lipinski definition) is 2. The lowest BCUT2D eigenvalue weighted by atomic mass is 9.77. The van der Waals surface area contributed by atoms with Crippen LogP contribution in [0.25, 0.3) is 0 Å². The van der Waals surface area contributed by atoms with Crippen molar-refractivity contribution in [3.63, 3.8) is 0 Å². The Hall–Kier alpha value is -0.340. The summed E-state index contributed by atoms with van der Waals surface area (Å²) in [4.78, 5) is 0. The van der Waals surface area contributed by atoms with Gasteiger partial charge in [0, 0.05) is 12.1 Å². The first kappa shape index (κ1) is 10.2. The van der Waals surface area contributed by atoms with Crippen LogP contribution in [0.2, 0.25) is 0 Å². The maximum Gasteiger partial charge on any atom is 0.0304 e. The molecule has 0 saturated heterocycles. The van der Waals surface area contributed by atoms with Crippen molar-refractivity contribution < 1.29 is 0 Å². The topological polar surface area (TPSA) is 38.0 Å². The SMILES string of the molecule is NCC1(NCCC2=CCCC2)CCC1. The average Bonchev–Trinajstić information content (AvgIpc) is 2.62. The van der Waals surface area contributed by atoms with Crippen molar-refractivity contribution in [1.29, 1.82) is 0 Å². The van der Waals surface area contributed by atoms with Gasteiger partial charge in [0.1, 0.15) is 0 Å². The number of hydrogen-bond acceptors (Lipinski definition) is 2. The largest absolute Gasteiger partial charge is 0.329 e. The molecule has 80 valence electrons. The molecule has 0 bridgehead atoms. The Morgan fingerprint density at radius 2 is 2.21 bits per heavy atom. The van der Waals surface area contributed by atoms with E-state index in [9.17, 15) is 0 Å². The van der Waals surface area contributed by atoms with E-state index in [-0.39, 0.29) is 0 Å². The highest BCUT2D eigenvalue weighted by Crippen LogP contribution is 2.30. The van der Waals surface area contributed by atoms with Gasteiger partial charge in [-0.1, -0.05) is 11.6 Å². The van der Waals surface area contributed by atoms with E-state index in [0.29, 0.717) is 5.54 Å². The summed E-state index contributed by atoms with van der Waals surface area (Å²) in [7, 11) is 0. The van der Waals surface area contributed by atoms with Crippen LogP contribution in [-0.2, 0) is 0 Å². The third-order valence-corrected chi connectivity index (χ3v) is 3.78. The van der Waals surface area contributed by atoms with Crippen LogP contribution in [0.5, 0.6) is 0 Å². The molecule has 0 aromatic rings. The van der Waals surface area contributed by atoms with E-state index in [0.717, 1.165) is 13.1 Å². The van der Waals surface area contributed by atoms with E-state index < -0.39 is 0 Å². The van der Waals surface area contributed by atoms with Crippen LogP contribution < -0.4 is 11.1 Å². The first-order valence-electron chi connectivity index (χ1n) is 5.98. The van der Waals surface area contributed by atoms with Crippen LogP contribution in [0.15, 0.2) is 11.6 Å². The maximum atomic E-state index is 5.79. The first-order valence-corrected chi connectivity index (χ1v) is 5.98. The molecule has 2 heteroatoms. The summed E-state index contributed by atoms with van der Waals surface area (Å²) in [6, 6.07) is 0. The Morgan fingerprint density at radius 1 is 1.36 bits per heavy atom. The molecule has 0 unspecified atom stereocenters. The number of nitrogens with one attached hydrogen (secondary N) is 1. The van der Waals surface area contributed by atoms with Crippen LogP contribution in [0.1, 0.15) is 44.9 Å². The fraction of sp³-hybridized carbons (Fsp3) is 0.833. The molecule has 0 aromatic carbocycles. The first-order chi connectivity index (χ1) is 6.85. The standard InChI is InChI=1S/C12H22N2/c13-10-12(7-3-8-12)14-9-6-11-4-1-2-5-11/h4,14H,1-3,5-10,13H2. The second kappa shape index (κ2) is 4.45. The lowest BCUT2D eigenvalue weighted by molar-refractivity contribution is 0.195. The zero-order valence-electron chi connectivity index (χ0n) is 9.02.